The predicted molar refractivity (Wildman–Crippen MR) is 86.9 cm³/mol. The maximum Gasteiger partial charge on any atom is 0.0643 e. The molecule has 0 saturated carbocycles. The average molecular weight is 336 g/mol. The van der Waals surface area contributed by atoms with Crippen molar-refractivity contribution in [2.24, 2.45) is 5.92 Å². The number of hydrogen-bond donors (Lipinski definition) is 0. The molecule has 0 N–H and O–H groups in total. The van der Waals surface area contributed by atoms with E-state index in [1.807, 2.05) is 0 Å². The van der Waals surface area contributed by atoms with E-state index in [1.165, 1.54) is 11.3 Å². The summed E-state index contributed by atoms with van der Waals surface area (Å²) in [5.74, 6) is 0.594. The van der Waals surface area contributed by atoms with E-state index in [-0.39, 0.29) is 6.04 Å². The van der Waals surface area contributed by atoms with Crippen LogP contribution in [-0.2, 0) is 0 Å². The molecule has 0 aliphatic carbocycles. The molecule has 1 aromatic rings. The van der Waals surface area contributed by atoms with E-state index in [1.54, 1.807) is 0 Å². The van der Waals surface area contributed by atoms with Gasteiger partial charge in [-0.2, -0.15) is 5.26 Å². The second-order valence-corrected chi connectivity index (χ2v) is 6.80. The molecule has 1 heterocycles. The van der Waals surface area contributed by atoms with E-state index in [0.717, 1.165) is 24.1 Å². The fourth-order valence-electron chi connectivity index (χ4n) is 3.03. The first kappa shape index (κ1) is 15.3. The standard InChI is InChI=1S/C16H22BrN3/c1-12-4-5-16(15(17)8-12)20-10-13(2)9-19(3)11-14(20)6-7-18/h4-5,8,13-14H,6,9-11H2,1-3H3. The minimum atomic E-state index is 0.258. The van der Waals surface area contributed by atoms with Crippen molar-refractivity contribution in [2.75, 3.05) is 31.6 Å². The van der Waals surface area contributed by atoms with Gasteiger partial charge >= 0.3 is 0 Å². The highest BCUT2D eigenvalue weighted by molar-refractivity contribution is 9.10. The van der Waals surface area contributed by atoms with Gasteiger partial charge in [0.05, 0.1) is 24.2 Å². The largest absolute Gasteiger partial charge is 0.365 e. The third kappa shape index (κ3) is 3.53. The number of nitriles is 1. The van der Waals surface area contributed by atoms with Gasteiger partial charge in [0.2, 0.25) is 0 Å². The van der Waals surface area contributed by atoms with Crippen LogP contribution in [0.1, 0.15) is 18.9 Å². The first-order chi connectivity index (χ1) is 9.51. The summed E-state index contributed by atoms with van der Waals surface area (Å²) in [6, 6.07) is 9.07. The van der Waals surface area contributed by atoms with Crippen molar-refractivity contribution in [1.82, 2.24) is 4.90 Å². The van der Waals surface area contributed by atoms with Gasteiger partial charge in [0, 0.05) is 24.1 Å². The van der Waals surface area contributed by atoms with Crippen LogP contribution in [0.2, 0.25) is 0 Å². The minimum absolute atomic E-state index is 0.258. The van der Waals surface area contributed by atoms with Crippen LogP contribution in [0.15, 0.2) is 22.7 Å². The SMILES string of the molecule is Cc1ccc(N2CC(C)CN(C)CC2CC#N)c(Br)c1. The third-order valence-corrected chi connectivity index (χ3v) is 4.47. The summed E-state index contributed by atoms with van der Waals surface area (Å²) in [5, 5.41) is 9.13. The topological polar surface area (TPSA) is 30.3 Å². The molecule has 108 valence electrons. The maximum absolute atomic E-state index is 9.13. The Labute approximate surface area is 130 Å². The van der Waals surface area contributed by atoms with Gasteiger partial charge in [-0.1, -0.05) is 13.0 Å². The van der Waals surface area contributed by atoms with Crippen LogP contribution >= 0.6 is 15.9 Å². The summed E-state index contributed by atoms with van der Waals surface area (Å²) >= 11 is 3.68. The molecule has 0 amide bonds. The van der Waals surface area contributed by atoms with Crippen LogP contribution in [0.3, 0.4) is 0 Å². The molecule has 4 heteroatoms. The molecule has 20 heavy (non-hydrogen) atoms. The second kappa shape index (κ2) is 6.60. The van der Waals surface area contributed by atoms with Crippen molar-refractivity contribution in [3.63, 3.8) is 0 Å². The van der Waals surface area contributed by atoms with Crippen molar-refractivity contribution in [2.45, 2.75) is 26.3 Å². The van der Waals surface area contributed by atoms with Crippen LogP contribution < -0.4 is 4.90 Å². The van der Waals surface area contributed by atoms with Gasteiger partial charge < -0.3 is 9.80 Å². The Kier molecular flexibility index (Phi) is 5.06. The van der Waals surface area contributed by atoms with Gasteiger partial charge in [0.15, 0.2) is 0 Å². The number of likely N-dealkylation sites (N-methyl/N-ethyl adjacent to an activating group) is 1. The molecule has 3 nitrogen and oxygen atoms in total. The van der Waals surface area contributed by atoms with Crippen LogP contribution in [0.5, 0.6) is 0 Å². The number of benzene rings is 1. The van der Waals surface area contributed by atoms with Crippen LogP contribution in [0, 0.1) is 24.2 Å². The lowest BCUT2D eigenvalue weighted by Gasteiger charge is -2.33. The van der Waals surface area contributed by atoms with Crippen LogP contribution in [-0.4, -0.2) is 37.6 Å². The molecule has 1 aliphatic rings. The Bertz CT molecular complexity index is 509. The Morgan fingerprint density at radius 2 is 2.10 bits per heavy atom. The van der Waals surface area contributed by atoms with E-state index in [4.69, 9.17) is 5.26 Å². The highest BCUT2D eigenvalue weighted by Crippen LogP contribution is 2.31. The number of rotatable bonds is 2. The highest BCUT2D eigenvalue weighted by Gasteiger charge is 2.27. The van der Waals surface area contributed by atoms with E-state index >= 15 is 0 Å². The lowest BCUT2D eigenvalue weighted by molar-refractivity contribution is 0.304. The first-order valence-electron chi connectivity index (χ1n) is 7.09. The molecule has 1 fully saturated rings. The molecule has 1 saturated heterocycles. The van der Waals surface area contributed by atoms with Crippen molar-refractivity contribution in [3.8, 4) is 6.07 Å². The zero-order chi connectivity index (χ0) is 14.7. The monoisotopic (exact) mass is 335 g/mol. The molecule has 1 aromatic carbocycles. The van der Waals surface area contributed by atoms with Crippen LogP contribution in [0.25, 0.3) is 0 Å². The molecule has 1 aliphatic heterocycles. The summed E-state index contributed by atoms with van der Waals surface area (Å²) in [7, 11) is 2.15. The molecule has 0 aromatic heterocycles. The van der Waals surface area contributed by atoms with Gasteiger partial charge in [-0.3, -0.25) is 0 Å². The van der Waals surface area contributed by atoms with Gasteiger partial charge in [-0.25, -0.2) is 0 Å². The quantitative estimate of drug-likeness (QED) is 0.829. The van der Waals surface area contributed by atoms with Crippen molar-refractivity contribution in [3.05, 3.63) is 28.2 Å². The molecule has 2 unspecified atom stereocenters. The summed E-state index contributed by atoms with van der Waals surface area (Å²) in [5.41, 5.74) is 2.45. The molecule has 2 atom stereocenters. The van der Waals surface area contributed by atoms with Gasteiger partial charge in [-0.15, -0.1) is 0 Å². The molecular formula is C16H22BrN3. The third-order valence-electron chi connectivity index (χ3n) is 3.83. The first-order valence-corrected chi connectivity index (χ1v) is 7.89. The number of aryl methyl sites for hydroxylation is 1. The summed E-state index contributed by atoms with van der Waals surface area (Å²) < 4.78 is 1.12. The van der Waals surface area contributed by atoms with E-state index in [2.05, 4.69) is 70.9 Å². The number of halogens is 1. The van der Waals surface area contributed by atoms with E-state index in [9.17, 15) is 0 Å². The Morgan fingerprint density at radius 1 is 1.35 bits per heavy atom. The fourth-order valence-corrected chi connectivity index (χ4v) is 3.75. The minimum Gasteiger partial charge on any atom is -0.365 e. The number of nitrogens with zero attached hydrogens (tertiary/aromatic N) is 3. The smallest absolute Gasteiger partial charge is 0.0643 e. The lowest BCUT2D eigenvalue weighted by atomic mass is 10.1. The van der Waals surface area contributed by atoms with Crippen LogP contribution in [0.4, 0.5) is 5.69 Å². The lowest BCUT2D eigenvalue weighted by Crippen LogP contribution is -2.40. The molecular weight excluding hydrogens is 314 g/mol. The molecule has 0 bridgehead atoms. The Balaban J connectivity index is 2.35. The number of hydrogen-bond acceptors (Lipinski definition) is 3. The Morgan fingerprint density at radius 3 is 2.75 bits per heavy atom. The zero-order valence-corrected chi connectivity index (χ0v) is 14.0. The fraction of sp³-hybridized carbons (Fsp3) is 0.562. The molecule has 0 radical (unpaired) electrons. The summed E-state index contributed by atoms with van der Waals surface area (Å²) in [6.07, 6.45) is 0.567. The van der Waals surface area contributed by atoms with Gasteiger partial charge in [-0.05, 0) is 53.5 Å². The Hall–Kier alpha value is -1.05. The van der Waals surface area contributed by atoms with E-state index < -0.39 is 0 Å². The second-order valence-electron chi connectivity index (χ2n) is 5.95. The summed E-state index contributed by atoms with van der Waals surface area (Å²) in [6.45, 7) is 7.40. The maximum atomic E-state index is 9.13. The molecule has 2 rings (SSSR count). The zero-order valence-electron chi connectivity index (χ0n) is 12.4. The van der Waals surface area contributed by atoms with Crippen molar-refractivity contribution < 1.29 is 0 Å². The predicted octanol–water partition coefficient (Wildman–Crippen LogP) is 3.43. The normalized spacial score (nSPS) is 24.2. The van der Waals surface area contributed by atoms with Crippen molar-refractivity contribution >= 4 is 21.6 Å². The van der Waals surface area contributed by atoms with Crippen molar-refractivity contribution in [1.29, 1.82) is 5.26 Å². The number of anilines is 1. The van der Waals surface area contributed by atoms with Gasteiger partial charge in [0.25, 0.3) is 0 Å². The highest BCUT2D eigenvalue weighted by atomic mass is 79.9. The average Bonchev–Trinajstić information content (AvgIpc) is 2.48. The molecule has 0 spiro atoms. The summed E-state index contributed by atoms with van der Waals surface area (Å²) in [4.78, 5) is 4.75. The van der Waals surface area contributed by atoms with Gasteiger partial charge in [0.1, 0.15) is 0 Å². The van der Waals surface area contributed by atoms with E-state index in [0.29, 0.717) is 12.3 Å².